The molecule has 1 aromatic carbocycles. The second-order valence-electron chi connectivity index (χ2n) is 8.76. The molecule has 1 aliphatic rings. The Kier molecular flexibility index (Phi) is 7.63. The van der Waals surface area contributed by atoms with Crippen LogP contribution in [0.25, 0.3) is 11.0 Å². The average Bonchev–Trinajstić information content (AvgIpc) is 3.42. The molecule has 4 aromatic rings. The van der Waals surface area contributed by atoms with E-state index >= 15 is 0 Å². The molecule has 8 nitrogen and oxygen atoms in total. The third kappa shape index (κ3) is 5.61. The van der Waals surface area contributed by atoms with Crippen LogP contribution < -0.4 is 16.2 Å². The summed E-state index contributed by atoms with van der Waals surface area (Å²) in [6.45, 7) is 5.48. The molecule has 0 amide bonds. The maximum Gasteiger partial charge on any atom is 0.277 e. The van der Waals surface area contributed by atoms with Gasteiger partial charge in [0.2, 0.25) is 0 Å². The van der Waals surface area contributed by atoms with E-state index in [0.717, 1.165) is 40.0 Å². The zero-order chi connectivity index (χ0) is 24.9. The first-order chi connectivity index (χ1) is 16.9. The van der Waals surface area contributed by atoms with Gasteiger partial charge in [-0.2, -0.15) is 0 Å². The molecule has 182 valence electrons. The van der Waals surface area contributed by atoms with Gasteiger partial charge in [0.1, 0.15) is 23.4 Å². The van der Waals surface area contributed by atoms with Gasteiger partial charge >= 0.3 is 0 Å². The van der Waals surface area contributed by atoms with Gasteiger partial charge in [-0.3, -0.25) is 9.36 Å². The number of hydrogen-bond donors (Lipinski definition) is 3. The summed E-state index contributed by atoms with van der Waals surface area (Å²) in [6, 6.07) is 7.96. The van der Waals surface area contributed by atoms with E-state index in [4.69, 9.17) is 11.6 Å². The van der Waals surface area contributed by atoms with Crippen molar-refractivity contribution in [1.29, 1.82) is 0 Å². The number of hydrogen-bond acceptors (Lipinski definition) is 6. The topological polar surface area (TPSA) is 105 Å². The van der Waals surface area contributed by atoms with Crippen LogP contribution >= 0.6 is 11.6 Å². The molecule has 3 aromatic heterocycles. The van der Waals surface area contributed by atoms with Gasteiger partial charge in [0.05, 0.1) is 17.3 Å². The van der Waals surface area contributed by atoms with Gasteiger partial charge in [0, 0.05) is 37.3 Å². The molecule has 3 N–H and O–H groups in total. The number of carbonyl (C=O) groups excluding carboxylic acids is 1. The fourth-order valence-electron chi connectivity index (χ4n) is 4.37. The molecule has 0 aliphatic carbocycles. The summed E-state index contributed by atoms with van der Waals surface area (Å²) in [5.74, 6) is 0.694. The van der Waals surface area contributed by atoms with Crippen molar-refractivity contribution in [2.75, 3.05) is 12.4 Å². The Balaban J connectivity index is 0.000000189. The Morgan fingerprint density at radius 2 is 1.89 bits per heavy atom. The Morgan fingerprint density at radius 3 is 2.60 bits per heavy atom. The van der Waals surface area contributed by atoms with Gasteiger partial charge in [-0.15, -0.1) is 0 Å². The number of pyridine rings is 1. The van der Waals surface area contributed by atoms with Crippen LogP contribution in [0.2, 0.25) is 5.02 Å². The molecule has 1 atom stereocenters. The summed E-state index contributed by atoms with van der Waals surface area (Å²) < 4.78 is 1.51. The van der Waals surface area contributed by atoms with Gasteiger partial charge in [0.25, 0.3) is 5.56 Å². The number of aryl methyl sites for hydroxylation is 3. The fourth-order valence-corrected chi connectivity index (χ4v) is 4.57. The predicted octanol–water partition coefficient (Wildman–Crippen LogP) is 4.09. The monoisotopic (exact) mass is 492 g/mol. The number of benzene rings is 1. The molecule has 4 heterocycles. The standard InChI is InChI=1S/C17H19N3O2.C9H10ClN3/c1-11-5-12(2)7-13(6-11)8-18-15-9-19-16-4-3-14(10-21)20(16)17(15)22;1-11-3-6-2-7-8(10)5-13-9(7)12-4-6/h5-7,9-10,14,18H,3-4,8H2,1-2H3;2,4-5,11H,3H2,1H3,(H,12,13). The number of carbonyl (C=O) groups is 1. The molecule has 5 rings (SSSR count). The van der Waals surface area contributed by atoms with Gasteiger partial charge in [-0.1, -0.05) is 40.9 Å². The number of aromatic amines is 1. The average molecular weight is 493 g/mol. The highest BCUT2D eigenvalue weighted by atomic mass is 35.5. The first-order valence-electron chi connectivity index (χ1n) is 11.5. The van der Waals surface area contributed by atoms with Crippen LogP contribution in [0.1, 0.15) is 40.5 Å². The van der Waals surface area contributed by atoms with E-state index in [2.05, 4.69) is 57.6 Å². The molecule has 0 fully saturated rings. The largest absolute Gasteiger partial charge is 0.375 e. The number of halogens is 1. The maximum atomic E-state index is 12.5. The quantitative estimate of drug-likeness (QED) is 0.350. The highest BCUT2D eigenvalue weighted by Crippen LogP contribution is 2.22. The zero-order valence-electron chi connectivity index (χ0n) is 20.1. The third-order valence-corrected chi connectivity index (χ3v) is 6.22. The second kappa shape index (κ2) is 10.8. The van der Waals surface area contributed by atoms with Crippen LogP contribution in [0.5, 0.6) is 0 Å². The van der Waals surface area contributed by atoms with Gasteiger partial charge in [-0.05, 0) is 44.5 Å². The molecular weight excluding hydrogens is 464 g/mol. The summed E-state index contributed by atoms with van der Waals surface area (Å²) in [5.41, 5.74) is 5.76. The Bertz CT molecular complexity index is 1390. The fraction of sp³-hybridized carbons (Fsp3) is 0.308. The molecule has 1 aliphatic heterocycles. The number of aromatic nitrogens is 4. The highest BCUT2D eigenvalue weighted by Gasteiger charge is 2.24. The summed E-state index contributed by atoms with van der Waals surface area (Å²) >= 11 is 5.95. The van der Waals surface area contributed by atoms with E-state index in [1.54, 1.807) is 12.4 Å². The van der Waals surface area contributed by atoms with Crippen molar-refractivity contribution < 1.29 is 4.79 Å². The molecular formula is C26H29ClN6O2. The van der Waals surface area contributed by atoms with Crippen molar-refractivity contribution in [2.45, 2.75) is 45.8 Å². The number of rotatable bonds is 6. The first-order valence-corrected chi connectivity index (χ1v) is 11.9. The molecule has 0 bridgehead atoms. The van der Waals surface area contributed by atoms with Crippen molar-refractivity contribution in [3.63, 3.8) is 0 Å². The lowest BCUT2D eigenvalue weighted by Crippen LogP contribution is -2.27. The van der Waals surface area contributed by atoms with Gasteiger partial charge in [-0.25, -0.2) is 9.97 Å². The minimum absolute atomic E-state index is 0.163. The van der Waals surface area contributed by atoms with E-state index < -0.39 is 0 Å². The number of H-pyrrole nitrogens is 1. The molecule has 35 heavy (non-hydrogen) atoms. The normalized spacial score (nSPS) is 14.3. The van der Waals surface area contributed by atoms with E-state index in [-0.39, 0.29) is 11.6 Å². The number of aldehydes is 1. The summed E-state index contributed by atoms with van der Waals surface area (Å²) in [6.07, 6.45) is 7.33. The molecule has 0 saturated heterocycles. The number of nitrogens with zero attached hydrogens (tertiary/aromatic N) is 3. The van der Waals surface area contributed by atoms with Crippen molar-refractivity contribution in [3.05, 3.63) is 86.3 Å². The number of nitrogens with one attached hydrogen (secondary N) is 3. The second-order valence-corrected chi connectivity index (χ2v) is 9.17. The lowest BCUT2D eigenvalue weighted by atomic mass is 10.1. The number of anilines is 1. The molecule has 1 unspecified atom stereocenters. The lowest BCUT2D eigenvalue weighted by Gasteiger charge is -2.11. The molecule has 9 heteroatoms. The Morgan fingerprint density at radius 1 is 1.11 bits per heavy atom. The summed E-state index contributed by atoms with van der Waals surface area (Å²) in [4.78, 5) is 35.1. The summed E-state index contributed by atoms with van der Waals surface area (Å²) in [5, 5.41) is 7.92. The van der Waals surface area contributed by atoms with Crippen LogP contribution in [0.4, 0.5) is 5.69 Å². The third-order valence-electron chi connectivity index (χ3n) is 5.90. The van der Waals surface area contributed by atoms with Crippen molar-refractivity contribution >= 4 is 34.6 Å². The molecule has 0 saturated carbocycles. The molecule has 0 spiro atoms. The van der Waals surface area contributed by atoms with Crippen LogP contribution in [-0.2, 0) is 24.3 Å². The first kappa shape index (κ1) is 24.6. The maximum absolute atomic E-state index is 12.5. The smallest absolute Gasteiger partial charge is 0.277 e. The minimum atomic E-state index is -0.377. The van der Waals surface area contributed by atoms with Crippen LogP contribution in [0.15, 0.2) is 47.7 Å². The van der Waals surface area contributed by atoms with Crippen molar-refractivity contribution in [3.8, 4) is 0 Å². The SMILES string of the molecule is CNCc1cnc2[nH]cc(Cl)c2c1.Cc1cc(C)cc(CNc2cnc3n(c2=O)C(C=O)CC3)c1. The van der Waals surface area contributed by atoms with Crippen molar-refractivity contribution in [1.82, 2.24) is 24.8 Å². The highest BCUT2D eigenvalue weighted by molar-refractivity contribution is 6.35. The Labute approximate surface area is 208 Å². The predicted molar refractivity (Wildman–Crippen MR) is 139 cm³/mol. The van der Waals surface area contributed by atoms with Gasteiger partial charge in [0.15, 0.2) is 0 Å². The van der Waals surface area contributed by atoms with E-state index in [1.165, 1.54) is 15.7 Å². The van der Waals surface area contributed by atoms with Crippen LogP contribution in [-0.4, -0.2) is 32.9 Å². The number of fused-ring (bicyclic) bond motifs is 2. The van der Waals surface area contributed by atoms with Crippen LogP contribution in [0.3, 0.4) is 0 Å². The van der Waals surface area contributed by atoms with Gasteiger partial charge < -0.3 is 20.4 Å². The van der Waals surface area contributed by atoms with E-state index in [1.807, 2.05) is 19.3 Å². The van der Waals surface area contributed by atoms with E-state index in [0.29, 0.717) is 30.9 Å². The lowest BCUT2D eigenvalue weighted by molar-refractivity contribution is -0.110. The van der Waals surface area contributed by atoms with Crippen LogP contribution in [0, 0.1) is 13.8 Å². The molecule has 0 radical (unpaired) electrons. The Hall–Kier alpha value is -3.49. The minimum Gasteiger partial charge on any atom is -0.375 e. The van der Waals surface area contributed by atoms with E-state index in [9.17, 15) is 9.59 Å². The summed E-state index contributed by atoms with van der Waals surface area (Å²) in [7, 11) is 1.91. The zero-order valence-corrected chi connectivity index (χ0v) is 20.8. The van der Waals surface area contributed by atoms with Crippen molar-refractivity contribution in [2.24, 2.45) is 0 Å².